The van der Waals surface area contributed by atoms with E-state index >= 15 is 0 Å². The van der Waals surface area contributed by atoms with E-state index in [9.17, 15) is 8.42 Å². The molecule has 5 nitrogen and oxygen atoms in total. The van der Waals surface area contributed by atoms with Crippen LogP contribution in [0.3, 0.4) is 0 Å². The maximum absolute atomic E-state index is 12.4. The molecule has 8 heteroatoms. The first-order valence-electron chi connectivity index (χ1n) is 7.07. The van der Waals surface area contributed by atoms with Crippen molar-refractivity contribution in [3.63, 3.8) is 0 Å². The molecule has 0 saturated heterocycles. The first kappa shape index (κ1) is 19.5. The minimum Gasteiger partial charge on any atom is -0.492 e. The van der Waals surface area contributed by atoms with E-state index in [1.165, 1.54) is 12.5 Å². The summed E-state index contributed by atoms with van der Waals surface area (Å²) < 4.78 is 33.0. The second kappa shape index (κ2) is 8.36. The maximum atomic E-state index is 12.4. The monoisotopic (exact) mass is 368 g/mol. The van der Waals surface area contributed by atoms with Crippen molar-refractivity contribution in [3.8, 4) is 5.75 Å². The maximum Gasteiger partial charge on any atom is 0.244 e. The zero-order valence-electron chi connectivity index (χ0n) is 12.4. The van der Waals surface area contributed by atoms with Crippen LogP contribution in [-0.2, 0) is 10.0 Å². The summed E-state index contributed by atoms with van der Waals surface area (Å²) in [5.74, 6) is 0.857. The molecule has 126 valence electrons. The van der Waals surface area contributed by atoms with Gasteiger partial charge in [-0.3, -0.25) is 0 Å². The lowest BCUT2D eigenvalue weighted by molar-refractivity contribution is 0.177. The summed E-state index contributed by atoms with van der Waals surface area (Å²) in [7, 11) is -3.70. The molecule has 1 atom stereocenters. The van der Waals surface area contributed by atoms with Gasteiger partial charge in [-0.05, 0) is 43.9 Å². The Morgan fingerprint density at radius 2 is 2.14 bits per heavy atom. The first-order valence-corrected chi connectivity index (χ1v) is 8.93. The van der Waals surface area contributed by atoms with Gasteiger partial charge in [-0.1, -0.05) is 18.0 Å². The van der Waals surface area contributed by atoms with Gasteiger partial charge < -0.3 is 10.5 Å². The molecule has 1 aliphatic carbocycles. The van der Waals surface area contributed by atoms with E-state index in [0.29, 0.717) is 23.3 Å². The van der Waals surface area contributed by atoms with Crippen molar-refractivity contribution in [3.05, 3.63) is 23.2 Å². The first-order chi connectivity index (χ1) is 9.92. The summed E-state index contributed by atoms with van der Waals surface area (Å²) >= 11 is 5.92. The van der Waals surface area contributed by atoms with E-state index in [-0.39, 0.29) is 29.9 Å². The lowest BCUT2D eigenvalue weighted by atomic mass is 9.86. The number of sulfonamides is 1. The molecule has 0 unspecified atom stereocenters. The minimum absolute atomic E-state index is 0. The fourth-order valence-corrected chi connectivity index (χ4v) is 3.72. The molecule has 2 rings (SSSR count). The summed E-state index contributed by atoms with van der Waals surface area (Å²) in [4.78, 5) is 0.0645. The molecule has 1 aliphatic rings. The molecule has 0 spiro atoms. The summed E-state index contributed by atoms with van der Waals surface area (Å²) in [6, 6.07) is 4.28. The highest BCUT2D eigenvalue weighted by Crippen LogP contribution is 2.31. The fourth-order valence-electron chi connectivity index (χ4n) is 2.05. The van der Waals surface area contributed by atoms with Crippen molar-refractivity contribution in [2.45, 2.75) is 37.1 Å². The van der Waals surface area contributed by atoms with E-state index < -0.39 is 10.0 Å². The van der Waals surface area contributed by atoms with Gasteiger partial charge >= 0.3 is 0 Å². The van der Waals surface area contributed by atoms with Crippen LogP contribution in [0.15, 0.2) is 23.1 Å². The SMILES string of the molecule is C[C@@H](CN)NS(=O)(=O)c1cc(Cl)ccc1OCC1CCC1.Cl. The van der Waals surface area contributed by atoms with Crippen molar-refractivity contribution >= 4 is 34.0 Å². The Kier molecular flexibility index (Phi) is 7.41. The normalized spacial score (nSPS) is 16.5. The molecule has 0 bridgehead atoms. The van der Waals surface area contributed by atoms with E-state index in [1.807, 2.05) is 0 Å². The summed E-state index contributed by atoms with van der Waals surface area (Å²) in [6.07, 6.45) is 3.49. The third kappa shape index (κ3) is 4.99. The van der Waals surface area contributed by atoms with E-state index in [1.54, 1.807) is 19.1 Å². The molecule has 0 amide bonds. The molecule has 22 heavy (non-hydrogen) atoms. The molecule has 0 aliphatic heterocycles. The van der Waals surface area contributed by atoms with Crippen LogP contribution in [0, 0.1) is 5.92 Å². The van der Waals surface area contributed by atoms with Gasteiger partial charge in [-0.15, -0.1) is 12.4 Å². The number of ether oxygens (including phenoxy) is 1. The van der Waals surface area contributed by atoms with E-state index in [4.69, 9.17) is 22.1 Å². The van der Waals surface area contributed by atoms with Crippen LogP contribution >= 0.6 is 24.0 Å². The Bertz CT molecular complexity index is 592. The van der Waals surface area contributed by atoms with Gasteiger partial charge in [0.05, 0.1) is 6.61 Å². The van der Waals surface area contributed by atoms with Crippen molar-refractivity contribution in [1.29, 1.82) is 0 Å². The van der Waals surface area contributed by atoms with Gasteiger partial charge in [0.2, 0.25) is 10.0 Å². The number of nitrogens with two attached hydrogens (primary N) is 1. The van der Waals surface area contributed by atoms with Crippen LogP contribution in [0.5, 0.6) is 5.75 Å². The van der Waals surface area contributed by atoms with Gasteiger partial charge in [0.25, 0.3) is 0 Å². The van der Waals surface area contributed by atoms with Crippen LogP contribution in [0.25, 0.3) is 0 Å². The molecule has 1 aromatic carbocycles. The molecule has 3 N–H and O–H groups in total. The van der Waals surface area contributed by atoms with Crippen LogP contribution < -0.4 is 15.2 Å². The van der Waals surface area contributed by atoms with E-state index in [2.05, 4.69) is 4.72 Å². The fraction of sp³-hybridized carbons (Fsp3) is 0.571. The molecule has 0 radical (unpaired) electrons. The summed E-state index contributed by atoms with van der Waals surface area (Å²) in [5.41, 5.74) is 5.47. The molecule has 1 saturated carbocycles. The van der Waals surface area contributed by atoms with Crippen LogP contribution in [0.4, 0.5) is 0 Å². The lowest BCUT2D eigenvalue weighted by Crippen LogP contribution is -2.38. The van der Waals surface area contributed by atoms with Crippen LogP contribution in [-0.4, -0.2) is 27.6 Å². The molecular weight excluding hydrogens is 347 g/mol. The second-order valence-electron chi connectivity index (χ2n) is 5.46. The number of hydrogen-bond donors (Lipinski definition) is 2. The van der Waals surface area contributed by atoms with Gasteiger partial charge in [0, 0.05) is 17.6 Å². The topological polar surface area (TPSA) is 81.4 Å². The summed E-state index contributed by atoms with van der Waals surface area (Å²) in [5, 5.41) is 0.353. The van der Waals surface area contributed by atoms with Gasteiger partial charge in [-0.25, -0.2) is 13.1 Å². The van der Waals surface area contributed by atoms with Crippen LogP contribution in [0.1, 0.15) is 26.2 Å². The van der Waals surface area contributed by atoms with Gasteiger partial charge in [0.1, 0.15) is 10.6 Å². The highest BCUT2D eigenvalue weighted by Gasteiger charge is 2.24. The third-order valence-corrected chi connectivity index (χ3v) is 5.45. The van der Waals surface area contributed by atoms with Crippen molar-refractivity contribution in [1.82, 2.24) is 4.72 Å². The molecular formula is C14H22Cl2N2O3S. The number of hydrogen-bond acceptors (Lipinski definition) is 4. The Morgan fingerprint density at radius 1 is 1.45 bits per heavy atom. The standard InChI is InChI=1S/C14H21ClN2O3S.ClH/c1-10(8-16)17-21(18,19)14-7-12(15)5-6-13(14)20-9-11-3-2-4-11;/h5-7,10-11,17H,2-4,8-9,16H2,1H3;1H/t10-;/m0./s1. The van der Waals surface area contributed by atoms with Crippen LogP contribution in [0.2, 0.25) is 5.02 Å². The van der Waals surface area contributed by atoms with Gasteiger partial charge in [0.15, 0.2) is 0 Å². The van der Waals surface area contributed by atoms with E-state index in [0.717, 1.165) is 12.8 Å². The minimum atomic E-state index is -3.70. The van der Waals surface area contributed by atoms with Crippen molar-refractivity contribution < 1.29 is 13.2 Å². The number of rotatable bonds is 7. The second-order valence-corrected chi connectivity index (χ2v) is 7.58. The Balaban J connectivity index is 0.00000242. The zero-order valence-corrected chi connectivity index (χ0v) is 14.8. The molecule has 1 fully saturated rings. The Morgan fingerprint density at radius 3 is 2.68 bits per heavy atom. The van der Waals surface area contributed by atoms with Crippen molar-refractivity contribution in [2.75, 3.05) is 13.2 Å². The quantitative estimate of drug-likeness (QED) is 0.774. The highest BCUT2D eigenvalue weighted by atomic mass is 35.5. The highest BCUT2D eigenvalue weighted by molar-refractivity contribution is 7.89. The molecule has 0 heterocycles. The average Bonchev–Trinajstić information content (AvgIpc) is 2.37. The molecule has 0 aromatic heterocycles. The zero-order chi connectivity index (χ0) is 15.5. The van der Waals surface area contributed by atoms with Gasteiger partial charge in [-0.2, -0.15) is 0 Å². The molecule has 1 aromatic rings. The largest absolute Gasteiger partial charge is 0.492 e. The summed E-state index contributed by atoms with van der Waals surface area (Å²) in [6.45, 7) is 2.46. The lowest BCUT2D eigenvalue weighted by Gasteiger charge is -2.25. The number of nitrogens with one attached hydrogen (secondary N) is 1. The Hall–Kier alpha value is -0.530. The number of benzene rings is 1. The predicted octanol–water partition coefficient (Wildman–Crippen LogP) is 2.57. The van der Waals surface area contributed by atoms with Crippen molar-refractivity contribution in [2.24, 2.45) is 11.7 Å². The number of halogens is 2. The predicted molar refractivity (Wildman–Crippen MR) is 90.4 cm³/mol. The average molecular weight is 369 g/mol. The smallest absolute Gasteiger partial charge is 0.244 e. The third-order valence-electron chi connectivity index (χ3n) is 3.60. The Labute approximate surface area is 143 Å².